The van der Waals surface area contributed by atoms with Crippen molar-refractivity contribution in [3.05, 3.63) is 29.8 Å². The molecule has 0 amide bonds. The van der Waals surface area contributed by atoms with E-state index in [0.29, 0.717) is 0 Å². The van der Waals surface area contributed by atoms with Gasteiger partial charge in [-0.05, 0) is 55.7 Å². The Balaban J connectivity index is 1.91. The normalized spacial score (nSPS) is 33.9. The average Bonchev–Trinajstić information content (AvgIpc) is 3.17. The van der Waals surface area contributed by atoms with E-state index in [1.807, 2.05) is 0 Å². The Morgan fingerprint density at radius 2 is 2.28 bits per heavy atom. The van der Waals surface area contributed by atoms with Crippen molar-refractivity contribution in [3.8, 4) is 0 Å². The van der Waals surface area contributed by atoms with Crippen LogP contribution in [0.3, 0.4) is 0 Å². The summed E-state index contributed by atoms with van der Waals surface area (Å²) in [6, 6.07) is 8.81. The van der Waals surface area contributed by atoms with E-state index in [1.54, 1.807) is 0 Å². The van der Waals surface area contributed by atoms with E-state index >= 15 is 0 Å². The van der Waals surface area contributed by atoms with Crippen LogP contribution < -0.4 is 10.6 Å². The Kier molecular flexibility index (Phi) is 2.86. The first-order valence-corrected chi connectivity index (χ1v) is 7.18. The lowest BCUT2D eigenvalue weighted by molar-refractivity contribution is 0.270. The number of nitrogens with two attached hydrogens (primary N) is 1. The molecule has 2 fully saturated rings. The molecule has 0 saturated heterocycles. The molecule has 0 bridgehead atoms. The van der Waals surface area contributed by atoms with Crippen LogP contribution in [-0.4, -0.2) is 19.1 Å². The van der Waals surface area contributed by atoms with Gasteiger partial charge in [-0.15, -0.1) is 0 Å². The topological polar surface area (TPSA) is 29.3 Å². The Morgan fingerprint density at radius 3 is 3.00 bits per heavy atom. The number of anilines is 1. The Morgan fingerprint density at radius 1 is 1.44 bits per heavy atom. The first kappa shape index (κ1) is 12.0. The Labute approximate surface area is 110 Å². The lowest BCUT2D eigenvalue weighted by Crippen LogP contribution is -2.55. The Bertz CT molecular complexity index is 442. The molecule has 0 spiro atoms. The first-order valence-electron chi connectivity index (χ1n) is 7.18. The first-order chi connectivity index (χ1) is 8.67. The zero-order valence-electron chi connectivity index (χ0n) is 11.5. The van der Waals surface area contributed by atoms with E-state index in [-0.39, 0.29) is 5.54 Å². The molecule has 2 aliphatic rings. The molecule has 0 heterocycles. The molecule has 0 radical (unpaired) electrons. The number of hydrogen-bond donors (Lipinski definition) is 1. The van der Waals surface area contributed by atoms with Gasteiger partial charge in [0.05, 0.1) is 5.54 Å². The lowest BCUT2D eigenvalue weighted by atomic mass is 9.79. The summed E-state index contributed by atoms with van der Waals surface area (Å²) in [5.41, 5.74) is 9.06. The molecule has 98 valence electrons. The van der Waals surface area contributed by atoms with Crippen LogP contribution in [0.4, 0.5) is 5.69 Å². The fraction of sp³-hybridized carbons (Fsp3) is 0.625. The number of hydrogen-bond acceptors (Lipinski definition) is 2. The standard InChI is InChI=1S/C16H24N2/c1-12-5-3-7-14(9-12)18(2)16(11-17)8-4-6-13-10-15(13)16/h3,5,7,9,13,15H,4,6,8,10-11,17H2,1-2H3. The van der Waals surface area contributed by atoms with Gasteiger partial charge in [0.15, 0.2) is 0 Å². The van der Waals surface area contributed by atoms with Gasteiger partial charge < -0.3 is 10.6 Å². The molecule has 3 atom stereocenters. The van der Waals surface area contributed by atoms with E-state index in [4.69, 9.17) is 5.73 Å². The SMILES string of the molecule is Cc1cccc(N(C)C2(CN)CCCC3CC32)c1. The highest BCUT2D eigenvalue weighted by atomic mass is 15.2. The van der Waals surface area contributed by atoms with Gasteiger partial charge in [0.1, 0.15) is 0 Å². The van der Waals surface area contributed by atoms with Crippen molar-refractivity contribution < 1.29 is 0 Å². The molecule has 0 aromatic heterocycles. The van der Waals surface area contributed by atoms with Crippen molar-refractivity contribution in [2.75, 3.05) is 18.5 Å². The van der Waals surface area contributed by atoms with Crippen LogP contribution in [0.1, 0.15) is 31.2 Å². The van der Waals surface area contributed by atoms with Crippen molar-refractivity contribution in [2.45, 2.75) is 38.1 Å². The van der Waals surface area contributed by atoms with Crippen LogP contribution in [0.2, 0.25) is 0 Å². The number of nitrogens with zero attached hydrogens (tertiary/aromatic N) is 1. The van der Waals surface area contributed by atoms with E-state index in [2.05, 4.69) is 43.1 Å². The number of benzene rings is 1. The zero-order chi connectivity index (χ0) is 12.8. The smallest absolute Gasteiger partial charge is 0.0551 e. The molecule has 2 nitrogen and oxygen atoms in total. The van der Waals surface area contributed by atoms with E-state index in [9.17, 15) is 0 Å². The minimum Gasteiger partial charge on any atom is -0.367 e. The number of fused-ring (bicyclic) bond motifs is 1. The summed E-state index contributed by atoms with van der Waals surface area (Å²) in [5.74, 6) is 1.79. The van der Waals surface area contributed by atoms with Crippen LogP contribution in [-0.2, 0) is 0 Å². The highest BCUT2D eigenvalue weighted by Gasteiger charge is 2.56. The summed E-state index contributed by atoms with van der Waals surface area (Å²) in [6.45, 7) is 2.95. The quantitative estimate of drug-likeness (QED) is 0.885. The van der Waals surface area contributed by atoms with Gasteiger partial charge in [-0.3, -0.25) is 0 Å². The molecule has 1 aromatic rings. The maximum Gasteiger partial charge on any atom is 0.0551 e. The number of likely N-dealkylation sites (N-methyl/N-ethyl adjacent to an activating group) is 1. The lowest BCUT2D eigenvalue weighted by Gasteiger charge is -2.46. The molecule has 2 N–H and O–H groups in total. The molecular weight excluding hydrogens is 220 g/mol. The molecule has 2 heteroatoms. The molecule has 3 rings (SSSR count). The summed E-state index contributed by atoms with van der Waals surface area (Å²) in [7, 11) is 2.24. The molecule has 0 aliphatic heterocycles. The second kappa shape index (κ2) is 4.27. The van der Waals surface area contributed by atoms with Crippen LogP contribution in [0, 0.1) is 18.8 Å². The van der Waals surface area contributed by atoms with Gasteiger partial charge in [0.2, 0.25) is 0 Å². The largest absolute Gasteiger partial charge is 0.367 e. The number of aryl methyl sites for hydroxylation is 1. The predicted octanol–water partition coefficient (Wildman–Crippen LogP) is 2.95. The monoisotopic (exact) mass is 244 g/mol. The highest BCUT2D eigenvalue weighted by Crippen LogP contribution is 2.57. The van der Waals surface area contributed by atoms with Gasteiger partial charge in [-0.2, -0.15) is 0 Å². The molecule has 2 aliphatic carbocycles. The van der Waals surface area contributed by atoms with Gasteiger partial charge in [0.25, 0.3) is 0 Å². The molecular formula is C16H24N2. The summed E-state index contributed by atoms with van der Waals surface area (Å²) < 4.78 is 0. The minimum absolute atomic E-state index is 0.219. The molecule has 3 unspecified atom stereocenters. The van der Waals surface area contributed by atoms with E-state index in [1.165, 1.54) is 36.9 Å². The average molecular weight is 244 g/mol. The maximum absolute atomic E-state index is 6.19. The summed E-state index contributed by atoms with van der Waals surface area (Å²) in [6.07, 6.45) is 5.42. The Hall–Kier alpha value is -1.02. The summed E-state index contributed by atoms with van der Waals surface area (Å²) in [4.78, 5) is 2.48. The van der Waals surface area contributed by atoms with Gasteiger partial charge in [-0.25, -0.2) is 0 Å². The van der Waals surface area contributed by atoms with Gasteiger partial charge in [-0.1, -0.05) is 18.6 Å². The van der Waals surface area contributed by atoms with Gasteiger partial charge >= 0.3 is 0 Å². The summed E-state index contributed by atoms with van der Waals surface area (Å²) in [5, 5.41) is 0. The fourth-order valence-corrected chi connectivity index (χ4v) is 3.98. The van der Waals surface area contributed by atoms with Crippen molar-refractivity contribution in [3.63, 3.8) is 0 Å². The van der Waals surface area contributed by atoms with Crippen LogP contribution >= 0.6 is 0 Å². The maximum atomic E-state index is 6.19. The third-order valence-corrected chi connectivity index (χ3v) is 5.21. The van der Waals surface area contributed by atoms with Crippen molar-refractivity contribution in [1.82, 2.24) is 0 Å². The number of rotatable bonds is 3. The third kappa shape index (κ3) is 1.74. The van der Waals surface area contributed by atoms with Crippen molar-refractivity contribution >= 4 is 5.69 Å². The predicted molar refractivity (Wildman–Crippen MR) is 76.8 cm³/mol. The highest BCUT2D eigenvalue weighted by molar-refractivity contribution is 5.51. The second-order valence-electron chi connectivity index (χ2n) is 6.20. The molecule has 18 heavy (non-hydrogen) atoms. The fourth-order valence-electron chi connectivity index (χ4n) is 3.98. The van der Waals surface area contributed by atoms with Crippen LogP contribution in [0.25, 0.3) is 0 Å². The molecule has 2 saturated carbocycles. The minimum atomic E-state index is 0.219. The van der Waals surface area contributed by atoms with Crippen molar-refractivity contribution in [2.24, 2.45) is 17.6 Å². The van der Waals surface area contributed by atoms with Crippen molar-refractivity contribution in [1.29, 1.82) is 0 Å². The third-order valence-electron chi connectivity index (χ3n) is 5.21. The second-order valence-corrected chi connectivity index (χ2v) is 6.20. The molecule has 1 aromatic carbocycles. The van der Waals surface area contributed by atoms with Crippen LogP contribution in [0.5, 0.6) is 0 Å². The van der Waals surface area contributed by atoms with Crippen LogP contribution in [0.15, 0.2) is 24.3 Å². The van der Waals surface area contributed by atoms with E-state index < -0.39 is 0 Å². The van der Waals surface area contributed by atoms with E-state index in [0.717, 1.165) is 18.4 Å². The summed E-state index contributed by atoms with van der Waals surface area (Å²) >= 11 is 0. The van der Waals surface area contributed by atoms with Gasteiger partial charge in [0, 0.05) is 19.3 Å². The zero-order valence-corrected chi connectivity index (χ0v) is 11.5.